The predicted octanol–water partition coefficient (Wildman–Crippen LogP) is 4.01. The quantitative estimate of drug-likeness (QED) is 0.780. The third-order valence-electron chi connectivity index (χ3n) is 1.71. The van der Waals surface area contributed by atoms with Crippen LogP contribution in [0.15, 0.2) is 24.3 Å². The molecule has 1 amide bonds. The fraction of sp³-hybridized carbons (Fsp3) is 0.222. The van der Waals surface area contributed by atoms with Gasteiger partial charge in [0.25, 0.3) is 9.70 Å². The van der Waals surface area contributed by atoms with Crippen LogP contribution in [0.5, 0.6) is 0 Å². The monoisotopic (exact) mass is 305 g/mol. The molecule has 0 bridgehead atoms. The van der Waals surface area contributed by atoms with Crippen molar-refractivity contribution < 1.29 is 18.0 Å². The summed E-state index contributed by atoms with van der Waals surface area (Å²) in [6.07, 6.45) is -4.50. The number of amides is 1. The van der Waals surface area contributed by atoms with Gasteiger partial charge in [0.2, 0.25) is 0 Å². The number of hydrogen-bond donors (Lipinski definition) is 1. The van der Waals surface area contributed by atoms with Gasteiger partial charge in [-0.05, 0) is 18.2 Å². The first-order valence-corrected chi connectivity index (χ1v) is 5.29. The largest absolute Gasteiger partial charge is 0.416 e. The zero-order valence-electron chi connectivity index (χ0n) is 7.99. The van der Waals surface area contributed by atoms with Crippen LogP contribution in [0, 0.1) is 0 Å². The van der Waals surface area contributed by atoms with Gasteiger partial charge in [0.05, 0.1) is 5.56 Å². The van der Waals surface area contributed by atoms with Gasteiger partial charge in [-0.25, -0.2) is 0 Å². The van der Waals surface area contributed by atoms with Crippen LogP contribution in [-0.4, -0.2) is 9.70 Å². The van der Waals surface area contributed by atoms with Crippen molar-refractivity contribution >= 4 is 46.4 Å². The molecule has 1 aromatic carbocycles. The minimum atomic E-state index is -4.50. The molecular formula is C9H5Cl3F3NO. The molecule has 0 aromatic heterocycles. The van der Waals surface area contributed by atoms with Gasteiger partial charge in [0, 0.05) is 5.69 Å². The van der Waals surface area contributed by atoms with Gasteiger partial charge < -0.3 is 5.32 Å². The first-order chi connectivity index (χ1) is 7.60. The van der Waals surface area contributed by atoms with E-state index in [9.17, 15) is 18.0 Å². The first-order valence-electron chi connectivity index (χ1n) is 4.16. The zero-order valence-corrected chi connectivity index (χ0v) is 10.3. The smallest absolute Gasteiger partial charge is 0.322 e. The third-order valence-corrected chi connectivity index (χ3v) is 2.22. The molecule has 0 aliphatic heterocycles. The van der Waals surface area contributed by atoms with Crippen molar-refractivity contribution in [1.29, 1.82) is 0 Å². The maximum atomic E-state index is 12.3. The molecule has 1 N–H and O–H groups in total. The summed E-state index contributed by atoms with van der Waals surface area (Å²) in [6.45, 7) is 0. The Bertz CT molecular complexity index is 428. The van der Waals surface area contributed by atoms with Crippen LogP contribution in [0.4, 0.5) is 18.9 Å². The van der Waals surface area contributed by atoms with E-state index in [-0.39, 0.29) is 5.69 Å². The molecule has 0 unspecified atom stereocenters. The molecule has 0 radical (unpaired) electrons. The molecule has 1 aromatic rings. The van der Waals surface area contributed by atoms with Crippen LogP contribution in [0.25, 0.3) is 0 Å². The number of hydrogen-bond acceptors (Lipinski definition) is 1. The summed E-state index contributed by atoms with van der Waals surface area (Å²) in [5.41, 5.74) is -1.00. The van der Waals surface area contributed by atoms with Crippen LogP contribution in [-0.2, 0) is 11.0 Å². The van der Waals surface area contributed by atoms with E-state index < -0.39 is 21.4 Å². The van der Waals surface area contributed by atoms with Gasteiger partial charge in [0.15, 0.2) is 0 Å². The maximum absolute atomic E-state index is 12.3. The van der Waals surface area contributed by atoms with E-state index in [2.05, 4.69) is 5.32 Å². The number of halogens is 6. The summed E-state index contributed by atoms with van der Waals surface area (Å²) in [5.74, 6) is -1.03. The topological polar surface area (TPSA) is 29.1 Å². The molecule has 1 rings (SSSR count). The second kappa shape index (κ2) is 4.92. The summed E-state index contributed by atoms with van der Waals surface area (Å²) in [5, 5.41) is 2.06. The summed E-state index contributed by atoms with van der Waals surface area (Å²) in [7, 11) is 0. The lowest BCUT2D eigenvalue weighted by Crippen LogP contribution is -2.27. The van der Waals surface area contributed by atoms with Crippen molar-refractivity contribution in [3.8, 4) is 0 Å². The molecule has 0 spiro atoms. The number of rotatable bonds is 1. The highest BCUT2D eigenvalue weighted by Crippen LogP contribution is 2.32. The molecule has 17 heavy (non-hydrogen) atoms. The maximum Gasteiger partial charge on any atom is 0.416 e. The second-order valence-electron chi connectivity index (χ2n) is 3.03. The van der Waals surface area contributed by atoms with E-state index in [1.54, 1.807) is 0 Å². The van der Waals surface area contributed by atoms with Crippen molar-refractivity contribution in [2.45, 2.75) is 9.97 Å². The number of carbonyl (C=O) groups is 1. The van der Waals surface area contributed by atoms with E-state index in [0.29, 0.717) is 0 Å². The Labute approximate surface area is 110 Å². The lowest BCUT2D eigenvalue weighted by atomic mass is 10.2. The van der Waals surface area contributed by atoms with E-state index in [1.807, 2.05) is 0 Å². The van der Waals surface area contributed by atoms with Gasteiger partial charge >= 0.3 is 6.18 Å². The molecule has 0 aliphatic carbocycles. The van der Waals surface area contributed by atoms with Crippen LogP contribution >= 0.6 is 34.8 Å². The summed E-state index contributed by atoms with van der Waals surface area (Å²) < 4.78 is 34.8. The molecule has 94 valence electrons. The molecule has 2 nitrogen and oxygen atoms in total. The lowest BCUT2D eigenvalue weighted by Gasteiger charge is -2.13. The minimum absolute atomic E-state index is 0.101. The molecule has 0 fully saturated rings. The zero-order chi connectivity index (χ0) is 13.3. The number of benzene rings is 1. The van der Waals surface area contributed by atoms with Crippen molar-refractivity contribution in [2.24, 2.45) is 0 Å². The second-order valence-corrected chi connectivity index (χ2v) is 5.31. The first kappa shape index (κ1) is 14.4. The molecule has 0 saturated carbocycles. The van der Waals surface area contributed by atoms with Gasteiger partial charge in [-0.15, -0.1) is 0 Å². The van der Waals surface area contributed by atoms with Gasteiger partial charge in [-0.3, -0.25) is 4.79 Å². The number of anilines is 1. The molecule has 8 heteroatoms. The van der Waals surface area contributed by atoms with Crippen LogP contribution in [0.2, 0.25) is 0 Å². The van der Waals surface area contributed by atoms with Gasteiger partial charge in [-0.1, -0.05) is 40.9 Å². The van der Waals surface area contributed by atoms with Crippen molar-refractivity contribution in [1.82, 2.24) is 0 Å². The highest BCUT2D eigenvalue weighted by Gasteiger charge is 2.32. The summed E-state index contributed by atoms with van der Waals surface area (Å²) in [4.78, 5) is 11.2. The molecular weight excluding hydrogens is 301 g/mol. The van der Waals surface area contributed by atoms with Crippen LogP contribution < -0.4 is 5.32 Å². The molecule has 0 heterocycles. The normalized spacial score (nSPS) is 12.4. The highest BCUT2D eigenvalue weighted by atomic mass is 35.6. The Kier molecular flexibility index (Phi) is 4.17. The fourth-order valence-corrected chi connectivity index (χ4v) is 1.12. The average Bonchev–Trinajstić information content (AvgIpc) is 2.15. The SMILES string of the molecule is O=C(Nc1cccc(C(F)(F)F)c1)C(Cl)(Cl)Cl. The highest BCUT2D eigenvalue weighted by molar-refractivity contribution is 6.76. The van der Waals surface area contributed by atoms with E-state index in [1.165, 1.54) is 6.07 Å². The number of carbonyl (C=O) groups excluding carboxylic acids is 1. The average molecular weight is 306 g/mol. The Morgan fingerprint density at radius 2 is 1.76 bits per heavy atom. The Morgan fingerprint density at radius 3 is 2.24 bits per heavy atom. The Hall–Kier alpha value is -0.650. The standard InChI is InChI=1S/C9H5Cl3F3NO/c10-8(11,12)7(17)16-6-3-1-2-5(4-6)9(13,14)15/h1-4H,(H,16,17). The predicted molar refractivity (Wildman–Crippen MR) is 60.4 cm³/mol. The van der Waals surface area contributed by atoms with Crippen LogP contribution in [0.1, 0.15) is 5.56 Å². The third kappa shape index (κ3) is 4.26. The Balaban J connectivity index is 2.91. The molecule has 0 aliphatic rings. The van der Waals surface area contributed by atoms with Crippen molar-refractivity contribution in [2.75, 3.05) is 5.32 Å². The minimum Gasteiger partial charge on any atom is -0.322 e. The van der Waals surface area contributed by atoms with Gasteiger partial charge in [-0.2, -0.15) is 13.2 Å². The van der Waals surface area contributed by atoms with Crippen molar-refractivity contribution in [3.63, 3.8) is 0 Å². The van der Waals surface area contributed by atoms with Gasteiger partial charge in [0.1, 0.15) is 0 Å². The van der Waals surface area contributed by atoms with E-state index >= 15 is 0 Å². The fourth-order valence-electron chi connectivity index (χ4n) is 0.975. The number of alkyl halides is 6. The Morgan fingerprint density at radius 1 is 1.18 bits per heavy atom. The lowest BCUT2D eigenvalue weighted by molar-refractivity contribution is -0.137. The summed E-state index contributed by atoms with van der Waals surface area (Å²) in [6, 6.07) is 4.00. The van der Waals surface area contributed by atoms with Crippen LogP contribution in [0.3, 0.4) is 0 Å². The number of nitrogens with one attached hydrogen (secondary N) is 1. The molecule has 0 atom stereocenters. The van der Waals surface area contributed by atoms with E-state index in [4.69, 9.17) is 34.8 Å². The summed E-state index contributed by atoms with van der Waals surface area (Å²) >= 11 is 15.8. The van der Waals surface area contributed by atoms with E-state index in [0.717, 1.165) is 18.2 Å². The molecule has 0 saturated heterocycles. The van der Waals surface area contributed by atoms with Crippen molar-refractivity contribution in [3.05, 3.63) is 29.8 Å².